The highest BCUT2D eigenvalue weighted by atomic mass is 16.5. The van der Waals surface area contributed by atoms with Gasteiger partial charge in [0.1, 0.15) is 5.75 Å². The molecule has 0 bridgehead atoms. The van der Waals surface area contributed by atoms with E-state index in [1.807, 2.05) is 31.2 Å². The molecule has 2 aromatic rings. The van der Waals surface area contributed by atoms with E-state index < -0.39 is 0 Å². The summed E-state index contributed by atoms with van der Waals surface area (Å²) in [5.74, 6) is 0.818. The van der Waals surface area contributed by atoms with Crippen LogP contribution in [-0.4, -0.2) is 27.5 Å². The van der Waals surface area contributed by atoms with Gasteiger partial charge >= 0.3 is 0 Å². The molecule has 5 heteroatoms. The summed E-state index contributed by atoms with van der Waals surface area (Å²) < 4.78 is 5.67. The molecule has 0 amide bonds. The minimum absolute atomic E-state index is 0.588. The van der Waals surface area contributed by atoms with E-state index in [0.717, 1.165) is 35.5 Å². The first-order chi connectivity index (χ1) is 9.70. The van der Waals surface area contributed by atoms with Crippen LogP contribution in [0.3, 0.4) is 0 Å². The van der Waals surface area contributed by atoms with Crippen LogP contribution >= 0.6 is 0 Å². The SMILES string of the molecule is C/C(=N\O)c1ccc(OCCCc2nc[nH]c2C)cc1. The van der Waals surface area contributed by atoms with Gasteiger partial charge < -0.3 is 14.9 Å². The average molecular weight is 273 g/mol. The summed E-state index contributed by atoms with van der Waals surface area (Å²) in [6.07, 6.45) is 3.55. The van der Waals surface area contributed by atoms with E-state index in [4.69, 9.17) is 9.94 Å². The molecule has 1 heterocycles. The van der Waals surface area contributed by atoms with Crippen molar-refractivity contribution in [3.05, 3.63) is 47.5 Å². The van der Waals surface area contributed by atoms with Crippen LogP contribution in [0.4, 0.5) is 0 Å². The number of rotatable bonds is 6. The summed E-state index contributed by atoms with van der Waals surface area (Å²) in [6.45, 7) is 4.42. The van der Waals surface area contributed by atoms with Crippen molar-refractivity contribution in [2.45, 2.75) is 26.7 Å². The Morgan fingerprint density at radius 1 is 1.35 bits per heavy atom. The Labute approximate surface area is 118 Å². The summed E-state index contributed by atoms with van der Waals surface area (Å²) in [4.78, 5) is 7.32. The van der Waals surface area contributed by atoms with Gasteiger partial charge in [-0.05, 0) is 56.5 Å². The molecule has 20 heavy (non-hydrogen) atoms. The molecule has 0 atom stereocenters. The number of oxime groups is 1. The van der Waals surface area contributed by atoms with Crippen molar-refractivity contribution in [2.75, 3.05) is 6.61 Å². The lowest BCUT2D eigenvalue weighted by molar-refractivity contribution is 0.310. The Bertz CT molecular complexity index is 573. The zero-order valence-corrected chi connectivity index (χ0v) is 11.8. The van der Waals surface area contributed by atoms with Gasteiger partial charge in [-0.1, -0.05) is 5.16 Å². The fourth-order valence-corrected chi connectivity index (χ4v) is 1.92. The van der Waals surface area contributed by atoms with Crippen molar-refractivity contribution >= 4 is 5.71 Å². The third kappa shape index (κ3) is 3.60. The van der Waals surface area contributed by atoms with E-state index in [1.165, 1.54) is 0 Å². The average Bonchev–Trinajstić information content (AvgIpc) is 2.89. The van der Waals surface area contributed by atoms with Crippen molar-refractivity contribution in [2.24, 2.45) is 5.16 Å². The maximum atomic E-state index is 8.69. The topological polar surface area (TPSA) is 70.5 Å². The maximum Gasteiger partial charge on any atom is 0.119 e. The zero-order chi connectivity index (χ0) is 14.4. The first-order valence-corrected chi connectivity index (χ1v) is 6.61. The molecule has 0 unspecified atom stereocenters. The third-order valence-corrected chi connectivity index (χ3v) is 3.18. The standard InChI is InChI=1S/C15H19N3O2/c1-11(18-19)13-5-7-14(8-6-13)20-9-3-4-15-12(2)16-10-17-15/h5-8,10,19H,3-4,9H2,1-2H3,(H,16,17)/b18-11+. The number of nitrogens with zero attached hydrogens (tertiary/aromatic N) is 2. The van der Waals surface area contributed by atoms with Crippen LogP contribution in [-0.2, 0) is 6.42 Å². The van der Waals surface area contributed by atoms with E-state index in [1.54, 1.807) is 13.3 Å². The number of aryl methyl sites for hydroxylation is 2. The fraction of sp³-hybridized carbons (Fsp3) is 0.333. The van der Waals surface area contributed by atoms with Gasteiger partial charge in [-0.3, -0.25) is 0 Å². The zero-order valence-electron chi connectivity index (χ0n) is 11.8. The van der Waals surface area contributed by atoms with Gasteiger partial charge in [0.2, 0.25) is 0 Å². The van der Waals surface area contributed by atoms with E-state index in [0.29, 0.717) is 12.3 Å². The van der Waals surface area contributed by atoms with E-state index in [-0.39, 0.29) is 0 Å². The monoisotopic (exact) mass is 273 g/mol. The number of benzene rings is 1. The third-order valence-electron chi connectivity index (χ3n) is 3.18. The second-order valence-electron chi connectivity index (χ2n) is 4.64. The summed E-state index contributed by atoms with van der Waals surface area (Å²) in [7, 11) is 0. The van der Waals surface area contributed by atoms with E-state index in [2.05, 4.69) is 15.1 Å². The lowest BCUT2D eigenvalue weighted by atomic mass is 10.1. The lowest BCUT2D eigenvalue weighted by Gasteiger charge is -2.06. The minimum Gasteiger partial charge on any atom is -0.494 e. The van der Waals surface area contributed by atoms with Gasteiger partial charge in [-0.25, -0.2) is 4.98 Å². The molecule has 0 fully saturated rings. The molecule has 1 aromatic heterocycles. The molecule has 0 aliphatic heterocycles. The number of imidazole rings is 1. The van der Waals surface area contributed by atoms with Crippen LogP contribution in [0.2, 0.25) is 0 Å². The van der Waals surface area contributed by atoms with Gasteiger partial charge in [0.05, 0.1) is 24.3 Å². The molecule has 1 aromatic carbocycles. The number of aromatic amines is 1. The number of aromatic nitrogens is 2. The predicted octanol–water partition coefficient (Wildman–Crippen LogP) is 2.93. The predicted molar refractivity (Wildman–Crippen MR) is 77.6 cm³/mol. The fourth-order valence-electron chi connectivity index (χ4n) is 1.92. The number of nitrogens with one attached hydrogen (secondary N) is 1. The van der Waals surface area contributed by atoms with Gasteiger partial charge in [-0.15, -0.1) is 0 Å². The molecule has 0 saturated heterocycles. The van der Waals surface area contributed by atoms with Crippen LogP contribution in [0, 0.1) is 6.92 Å². The lowest BCUT2D eigenvalue weighted by Crippen LogP contribution is -2.01. The molecule has 2 N–H and O–H groups in total. The number of H-pyrrole nitrogens is 1. The molecule has 2 rings (SSSR count). The highest BCUT2D eigenvalue weighted by Gasteiger charge is 2.02. The Kier molecular flexibility index (Phi) is 4.76. The Morgan fingerprint density at radius 2 is 2.10 bits per heavy atom. The van der Waals surface area contributed by atoms with Crippen LogP contribution < -0.4 is 4.74 Å². The number of hydrogen-bond donors (Lipinski definition) is 2. The molecule has 0 aliphatic rings. The van der Waals surface area contributed by atoms with E-state index >= 15 is 0 Å². The molecule has 5 nitrogen and oxygen atoms in total. The Hall–Kier alpha value is -2.30. The van der Waals surface area contributed by atoms with Crippen LogP contribution in [0.15, 0.2) is 35.7 Å². The Morgan fingerprint density at radius 3 is 2.70 bits per heavy atom. The number of ether oxygens (including phenoxy) is 1. The Balaban J connectivity index is 1.78. The van der Waals surface area contributed by atoms with Crippen molar-refractivity contribution < 1.29 is 9.94 Å². The summed E-state index contributed by atoms with van der Waals surface area (Å²) in [6, 6.07) is 7.51. The first kappa shape index (κ1) is 14.1. The van der Waals surface area contributed by atoms with Gasteiger partial charge in [0, 0.05) is 5.69 Å². The van der Waals surface area contributed by atoms with E-state index in [9.17, 15) is 0 Å². The van der Waals surface area contributed by atoms with Gasteiger partial charge in [0.25, 0.3) is 0 Å². The van der Waals surface area contributed by atoms with Crippen LogP contribution in [0.25, 0.3) is 0 Å². The molecule has 0 saturated carbocycles. The van der Waals surface area contributed by atoms with Crippen LogP contribution in [0.1, 0.15) is 30.3 Å². The highest BCUT2D eigenvalue weighted by molar-refractivity contribution is 5.98. The molecular formula is C15H19N3O2. The highest BCUT2D eigenvalue weighted by Crippen LogP contribution is 2.13. The quantitative estimate of drug-likeness (QED) is 0.368. The van der Waals surface area contributed by atoms with Crippen molar-refractivity contribution in [1.82, 2.24) is 9.97 Å². The van der Waals surface area contributed by atoms with Crippen molar-refractivity contribution in [3.63, 3.8) is 0 Å². The molecule has 0 spiro atoms. The molecular weight excluding hydrogens is 254 g/mol. The first-order valence-electron chi connectivity index (χ1n) is 6.61. The largest absolute Gasteiger partial charge is 0.494 e. The van der Waals surface area contributed by atoms with Crippen molar-refractivity contribution in [3.8, 4) is 5.75 Å². The van der Waals surface area contributed by atoms with Gasteiger partial charge in [-0.2, -0.15) is 0 Å². The second kappa shape index (κ2) is 6.75. The maximum absolute atomic E-state index is 8.69. The van der Waals surface area contributed by atoms with Gasteiger partial charge in [0.15, 0.2) is 0 Å². The number of hydrogen-bond acceptors (Lipinski definition) is 4. The summed E-state index contributed by atoms with van der Waals surface area (Å²) in [5, 5.41) is 11.9. The minimum atomic E-state index is 0.588. The normalized spacial score (nSPS) is 11.6. The van der Waals surface area contributed by atoms with Crippen molar-refractivity contribution in [1.29, 1.82) is 0 Å². The molecule has 0 radical (unpaired) electrons. The summed E-state index contributed by atoms with van der Waals surface area (Å²) in [5.41, 5.74) is 3.68. The smallest absolute Gasteiger partial charge is 0.119 e. The van der Waals surface area contributed by atoms with Crippen LogP contribution in [0.5, 0.6) is 5.75 Å². The molecule has 0 aliphatic carbocycles. The summed E-state index contributed by atoms with van der Waals surface area (Å²) >= 11 is 0. The second-order valence-corrected chi connectivity index (χ2v) is 4.64. The molecule has 106 valence electrons.